The zero-order valence-electron chi connectivity index (χ0n) is 12.9. The molecule has 4 nitrogen and oxygen atoms in total. The van der Waals surface area contributed by atoms with E-state index in [0.29, 0.717) is 24.5 Å². The lowest BCUT2D eigenvalue weighted by atomic mass is 10.0. The second kappa shape index (κ2) is 8.48. The SMILES string of the molecule is CC(C)C[C@H](N)C(=O)NCCN(C(C)C)C(C)C. The number of carbonyl (C=O) groups is 1. The molecular formula is C14H31N3O. The number of rotatable bonds is 8. The van der Waals surface area contributed by atoms with E-state index in [1.807, 2.05) is 0 Å². The van der Waals surface area contributed by atoms with E-state index in [0.717, 1.165) is 13.0 Å². The van der Waals surface area contributed by atoms with Crippen LogP contribution in [-0.2, 0) is 4.79 Å². The normalized spacial score (nSPS) is 13.7. The largest absolute Gasteiger partial charge is 0.353 e. The Morgan fingerprint density at radius 1 is 1.11 bits per heavy atom. The zero-order valence-corrected chi connectivity index (χ0v) is 12.9. The van der Waals surface area contributed by atoms with Crippen LogP contribution in [0.1, 0.15) is 48.0 Å². The van der Waals surface area contributed by atoms with Crippen LogP contribution >= 0.6 is 0 Å². The van der Waals surface area contributed by atoms with Gasteiger partial charge in [0.1, 0.15) is 0 Å². The maximum Gasteiger partial charge on any atom is 0.236 e. The van der Waals surface area contributed by atoms with Crippen molar-refractivity contribution in [2.75, 3.05) is 13.1 Å². The van der Waals surface area contributed by atoms with Gasteiger partial charge in [0.25, 0.3) is 0 Å². The van der Waals surface area contributed by atoms with Crippen molar-refractivity contribution >= 4 is 5.91 Å². The van der Waals surface area contributed by atoms with Crippen LogP contribution in [0.5, 0.6) is 0 Å². The van der Waals surface area contributed by atoms with Gasteiger partial charge in [-0.2, -0.15) is 0 Å². The minimum absolute atomic E-state index is 0.0313. The fourth-order valence-corrected chi connectivity index (χ4v) is 2.17. The summed E-state index contributed by atoms with van der Waals surface area (Å²) < 4.78 is 0. The summed E-state index contributed by atoms with van der Waals surface area (Å²) in [5, 5.41) is 2.92. The smallest absolute Gasteiger partial charge is 0.236 e. The van der Waals surface area contributed by atoms with E-state index < -0.39 is 0 Å². The predicted molar refractivity (Wildman–Crippen MR) is 77.4 cm³/mol. The lowest BCUT2D eigenvalue weighted by molar-refractivity contribution is -0.122. The van der Waals surface area contributed by atoms with Crippen LogP contribution < -0.4 is 11.1 Å². The third-order valence-electron chi connectivity index (χ3n) is 3.06. The quantitative estimate of drug-likeness (QED) is 0.694. The molecule has 0 aliphatic carbocycles. The van der Waals surface area contributed by atoms with E-state index >= 15 is 0 Å². The number of carbonyl (C=O) groups excluding carboxylic acids is 1. The third-order valence-corrected chi connectivity index (χ3v) is 3.06. The molecule has 0 aromatic rings. The first kappa shape index (κ1) is 17.4. The highest BCUT2D eigenvalue weighted by molar-refractivity contribution is 5.81. The average molecular weight is 257 g/mol. The molecular weight excluding hydrogens is 226 g/mol. The van der Waals surface area contributed by atoms with Gasteiger partial charge >= 0.3 is 0 Å². The molecule has 0 saturated carbocycles. The minimum Gasteiger partial charge on any atom is -0.353 e. The van der Waals surface area contributed by atoms with E-state index in [-0.39, 0.29) is 11.9 Å². The highest BCUT2D eigenvalue weighted by atomic mass is 16.2. The Morgan fingerprint density at radius 2 is 1.61 bits per heavy atom. The summed E-state index contributed by atoms with van der Waals surface area (Å²) in [6.07, 6.45) is 0.740. The highest BCUT2D eigenvalue weighted by Gasteiger charge is 2.16. The number of nitrogens with two attached hydrogens (primary N) is 1. The highest BCUT2D eigenvalue weighted by Crippen LogP contribution is 2.04. The van der Waals surface area contributed by atoms with Crippen LogP contribution in [0.15, 0.2) is 0 Å². The molecule has 0 bridgehead atoms. The van der Waals surface area contributed by atoms with Crippen LogP contribution in [0.2, 0.25) is 0 Å². The fourth-order valence-electron chi connectivity index (χ4n) is 2.17. The van der Waals surface area contributed by atoms with Gasteiger partial charge in [0, 0.05) is 25.2 Å². The van der Waals surface area contributed by atoms with Crippen molar-refractivity contribution in [1.29, 1.82) is 0 Å². The number of hydrogen-bond acceptors (Lipinski definition) is 3. The molecule has 3 N–H and O–H groups in total. The van der Waals surface area contributed by atoms with Crippen LogP contribution in [0.25, 0.3) is 0 Å². The van der Waals surface area contributed by atoms with Crippen LogP contribution in [0.3, 0.4) is 0 Å². The van der Waals surface area contributed by atoms with Crippen molar-refractivity contribution in [2.45, 2.75) is 66.1 Å². The molecule has 18 heavy (non-hydrogen) atoms. The van der Waals surface area contributed by atoms with Crippen molar-refractivity contribution in [1.82, 2.24) is 10.2 Å². The van der Waals surface area contributed by atoms with Gasteiger partial charge in [-0.3, -0.25) is 9.69 Å². The van der Waals surface area contributed by atoms with Gasteiger partial charge in [0.15, 0.2) is 0 Å². The van der Waals surface area contributed by atoms with Crippen molar-refractivity contribution in [3.05, 3.63) is 0 Å². The molecule has 0 heterocycles. The number of nitrogens with one attached hydrogen (secondary N) is 1. The molecule has 108 valence electrons. The summed E-state index contributed by atoms with van der Waals surface area (Å²) in [5.74, 6) is 0.421. The molecule has 0 unspecified atom stereocenters. The number of amides is 1. The van der Waals surface area contributed by atoms with Gasteiger partial charge < -0.3 is 11.1 Å². The van der Waals surface area contributed by atoms with Crippen molar-refractivity contribution in [3.63, 3.8) is 0 Å². The van der Waals surface area contributed by atoms with E-state index in [1.54, 1.807) is 0 Å². The molecule has 0 saturated heterocycles. The molecule has 1 amide bonds. The molecule has 1 atom stereocenters. The summed E-state index contributed by atoms with van der Waals surface area (Å²) in [5.41, 5.74) is 5.83. The van der Waals surface area contributed by atoms with E-state index in [4.69, 9.17) is 5.73 Å². The van der Waals surface area contributed by atoms with Crippen LogP contribution in [-0.4, -0.2) is 42.0 Å². The standard InChI is InChI=1S/C14H31N3O/c1-10(2)9-13(15)14(18)16-7-8-17(11(3)4)12(5)6/h10-13H,7-9,15H2,1-6H3,(H,16,18)/t13-/m0/s1. The summed E-state index contributed by atoms with van der Waals surface area (Å²) >= 11 is 0. The third kappa shape index (κ3) is 6.97. The summed E-state index contributed by atoms with van der Waals surface area (Å²) in [6.45, 7) is 14.4. The summed E-state index contributed by atoms with van der Waals surface area (Å²) in [7, 11) is 0. The van der Waals surface area contributed by atoms with Crippen molar-refractivity contribution in [2.24, 2.45) is 11.7 Å². The zero-order chi connectivity index (χ0) is 14.3. The van der Waals surface area contributed by atoms with E-state index in [2.05, 4.69) is 51.8 Å². The van der Waals surface area contributed by atoms with Gasteiger partial charge in [0.2, 0.25) is 5.91 Å². The first-order valence-corrected chi connectivity index (χ1v) is 7.04. The Balaban J connectivity index is 3.99. The molecule has 0 fully saturated rings. The summed E-state index contributed by atoms with van der Waals surface area (Å²) in [4.78, 5) is 14.1. The number of hydrogen-bond donors (Lipinski definition) is 2. The molecule has 0 radical (unpaired) electrons. The second-order valence-corrected chi connectivity index (χ2v) is 5.95. The van der Waals surface area contributed by atoms with Gasteiger partial charge in [-0.25, -0.2) is 0 Å². The van der Waals surface area contributed by atoms with Gasteiger partial charge in [0.05, 0.1) is 6.04 Å². The van der Waals surface area contributed by atoms with Gasteiger partial charge in [-0.15, -0.1) is 0 Å². The van der Waals surface area contributed by atoms with Gasteiger partial charge in [-0.05, 0) is 40.0 Å². The topological polar surface area (TPSA) is 58.4 Å². The Morgan fingerprint density at radius 3 is 2.00 bits per heavy atom. The monoisotopic (exact) mass is 257 g/mol. The molecule has 0 rings (SSSR count). The Hall–Kier alpha value is -0.610. The maximum absolute atomic E-state index is 11.7. The molecule has 0 aromatic carbocycles. The molecule has 0 aliphatic rings. The predicted octanol–water partition coefficient (Wildman–Crippen LogP) is 1.59. The minimum atomic E-state index is -0.378. The molecule has 0 aliphatic heterocycles. The maximum atomic E-state index is 11.7. The second-order valence-electron chi connectivity index (χ2n) is 5.95. The van der Waals surface area contributed by atoms with Crippen LogP contribution in [0, 0.1) is 5.92 Å². The first-order valence-electron chi connectivity index (χ1n) is 7.04. The number of nitrogens with zero attached hydrogens (tertiary/aromatic N) is 1. The Bertz CT molecular complexity index is 231. The van der Waals surface area contributed by atoms with Crippen LogP contribution in [0.4, 0.5) is 0 Å². The Labute approximate surface area is 112 Å². The average Bonchev–Trinajstić information content (AvgIpc) is 2.21. The van der Waals surface area contributed by atoms with Crippen molar-refractivity contribution in [3.8, 4) is 0 Å². The first-order chi connectivity index (χ1) is 8.25. The fraction of sp³-hybridized carbons (Fsp3) is 0.929. The lowest BCUT2D eigenvalue weighted by Gasteiger charge is -2.30. The molecule has 4 heteroatoms. The summed E-state index contributed by atoms with van der Waals surface area (Å²) in [6, 6.07) is 0.606. The van der Waals surface area contributed by atoms with E-state index in [1.165, 1.54) is 0 Å². The van der Waals surface area contributed by atoms with Gasteiger partial charge in [-0.1, -0.05) is 13.8 Å². The molecule has 0 aromatic heterocycles. The van der Waals surface area contributed by atoms with Crippen molar-refractivity contribution < 1.29 is 4.79 Å². The molecule has 0 spiro atoms. The Kier molecular flexibility index (Phi) is 8.20. The van der Waals surface area contributed by atoms with E-state index in [9.17, 15) is 4.79 Å². The lowest BCUT2D eigenvalue weighted by Crippen LogP contribution is -2.46.